The van der Waals surface area contributed by atoms with Gasteiger partial charge in [-0.15, -0.1) is 11.3 Å². The molecule has 3 aromatic rings. The first-order valence-electron chi connectivity index (χ1n) is 10.5. The lowest BCUT2D eigenvalue weighted by atomic mass is 9.88. The van der Waals surface area contributed by atoms with Crippen LogP contribution in [-0.2, 0) is 24.2 Å². The van der Waals surface area contributed by atoms with E-state index in [1.165, 1.54) is 11.1 Å². The summed E-state index contributed by atoms with van der Waals surface area (Å²) in [5.41, 5.74) is 4.52. The molecule has 0 atom stereocenters. The molecule has 0 aliphatic carbocycles. The number of thioether (sulfide) groups is 1. The normalized spacial score (nSPS) is 15.8. The van der Waals surface area contributed by atoms with Crippen molar-refractivity contribution in [2.75, 3.05) is 24.7 Å². The molecule has 30 heavy (non-hydrogen) atoms. The van der Waals surface area contributed by atoms with E-state index in [1.54, 1.807) is 23.1 Å². The quantitative estimate of drug-likeness (QED) is 0.306. The predicted octanol–water partition coefficient (Wildman–Crippen LogP) is 4.81. The number of thiophene rings is 1. The zero-order chi connectivity index (χ0) is 21.5. The van der Waals surface area contributed by atoms with Crippen LogP contribution in [0.4, 0.5) is 5.82 Å². The Morgan fingerprint density at radius 3 is 2.73 bits per heavy atom. The van der Waals surface area contributed by atoms with Gasteiger partial charge in [-0.05, 0) is 44.4 Å². The van der Waals surface area contributed by atoms with Crippen LogP contribution in [0.25, 0.3) is 20.4 Å². The van der Waals surface area contributed by atoms with E-state index in [2.05, 4.69) is 33.0 Å². The topological polar surface area (TPSA) is 80.2 Å². The van der Waals surface area contributed by atoms with Crippen LogP contribution in [0.5, 0.6) is 0 Å². The van der Waals surface area contributed by atoms with Gasteiger partial charge in [0.2, 0.25) is 0 Å². The zero-order valence-corrected chi connectivity index (χ0v) is 20.0. The Morgan fingerprint density at radius 1 is 1.23 bits per heavy atom. The van der Waals surface area contributed by atoms with Crippen LogP contribution in [-0.4, -0.2) is 45.1 Å². The number of hydrogen-bond donors (Lipinski definition) is 2. The van der Waals surface area contributed by atoms with Crippen molar-refractivity contribution in [2.24, 2.45) is 5.92 Å². The minimum absolute atomic E-state index is 0.158. The number of fused-ring (bicyclic) bond motifs is 5. The molecule has 0 fully saturated rings. The summed E-state index contributed by atoms with van der Waals surface area (Å²) in [6.45, 7) is 10.2. The number of ether oxygens (including phenoxy) is 1. The summed E-state index contributed by atoms with van der Waals surface area (Å²) < 4.78 is 7.22. The van der Waals surface area contributed by atoms with Gasteiger partial charge in [0.15, 0.2) is 5.16 Å². The third-order valence-corrected chi connectivity index (χ3v) is 6.99. The summed E-state index contributed by atoms with van der Waals surface area (Å²) >= 11 is 3.21. The predicted molar refractivity (Wildman–Crippen MR) is 126 cm³/mol. The van der Waals surface area contributed by atoms with Gasteiger partial charge in [-0.25, -0.2) is 15.0 Å². The summed E-state index contributed by atoms with van der Waals surface area (Å²) in [5, 5.41) is 14.5. The molecule has 0 unspecified atom stereocenters. The molecule has 4 heterocycles. The molecule has 0 saturated carbocycles. The number of aliphatic hydroxyl groups excluding tert-OH is 1. The minimum atomic E-state index is -0.206. The zero-order valence-electron chi connectivity index (χ0n) is 18.3. The molecule has 0 bridgehead atoms. The van der Waals surface area contributed by atoms with E-state index in [9.17, 15) is 0 Å². The molecule has 1 aliphatic heterocycles. The smallest absolute Gasteiger partial charge is 0.189 e. The van der Waals surface area contributed by atoms with Gasteiger partial charge in [-0.1, -0.05) is 25.6 Å². The molecule has 8 heteroatoms. The third kappa shape index (κ3) is 4.15. The van der Waals surface area contributed by atoms with E-state index in [0.717, 1.165) is 49.9 Å². The van der Waals surface area contributed by atoms with Crippen LogP contribution in [0.2, 0.25) is 0 Å². The van der Waals surface area contributed by atoms with E-state index in [4.69, 9.17) is 24.8 Å². The summed E-state index contributed by atoms with van der Waals surface area (Å²) in [6, 6.07) is 0. The number of nitrogens with one attached hydrogen (secondary N) is 1. The highest BCUT2D eigenvalue weighted by atomic mass is 32.2. The Hall–Kier alpha value is -1.48. The van der Waals surface area contributed by atoms with Crippen LogP contribution < -0.4 is 5.32 Å². The SMILES string of the molecule is CSc1nc(NCCCO)c2sc3nc(CC(C)C)c4c(c3c2n1)CC(C)(C)OC4. The number of nitrogens with zero attached hydrogens (tertiary/aromatic N) is 3. The first kappa shape index (κ1) is 21.7. The van der Waals surface area contributed by atoms with Crippen LogP contribution in [0.15, 0.2) is 5.16 Å². The van der Waals surface area contributed by atoms with Crippen molar-refractivity contribution in [2.45, 2.75) is 64.3 Å². The average molecular weight is 447 g/mol. The van der Waals surface area contributed by atoms with Gasteiger partial charge in [-0.2, -0.15) is 0 Å². The summed E-state index contributed by atoms with van der Waals surface area (Å²) in [5.74, 6) is 1.37. The highest BCUT2D eigenvalue weighted by molar-refractivity contribution is 7.98. The Bertz CT molecular complexity index is 1080. The van der Waals surface area contributed by atoms with Crippen molar-refractivity contribution in [1.82, 2.24) is 15.0 Å². The van der Waals surface area contributed by atoms with Crippen LogP contribution in [0.1, 0.15) is 50.9 Å². The molecular formula is C22H30N4O2S2. The summed E-state index contributed by atoms with van der Waals surface area (Å²) in [7, 11) is 0. The Morgan fingerprint density at radius 2 is 2.03 bits per heavy atom. The van der Waals surface area contributed by atoms with Gasteiger partial charge in [0.25, 0.3) is 0 Å². The average Bonchev–Trinajstić information content (AvgIpc) is 3.05. The fourth-order valence-electron chi connectivity index (χ4n) is 3.97. The summed E-state index contributed by atoms with van der Waals surface area (Å²) in [4.78, 5) is 15.8. The first-order valence-corrected chi connectivity index (χ1v) is 12.5. The van der Waals surface area contributed by atoms with Gasteiger partial charge in [-0.3, -0.25) is 0 Å². The standard InChI is InChI=1S/C22H30N4O2S2/c1-12(2)9-15-14-11-28-22(3,4)10-13(14)16-17-18(30-20(16)24-15)19(23-7-6-8-27)26-21(25-17)29-5/h12,27H,6-11H2,1-5H3,(H,23,25,26). The highest BCUT2D eigenvalue weighted by Gasteiger charge is 2.32. The number of rotatable bonds is 7. The highest BCUT2D eigenvalue weighted by Crippen LogP contribution is 2.43. The van der Waals surface area contributed by atoms with Gasteiger partial charge >= 0.3 is 0 Å². The van der Waals surface area contributed by atoms with E-state index >= 15 is 0 Å². The molecule has 0 aromatic carbocycles. The van der Waals surface area contributed by atoms with Gasteiger partial charge in [0, 0.05) is 36.2 Å². The van der Waals surface area contributed by atoms with Crippen molar-refractivity contribution < 1.29 is 9.84 Å². The fraction of sp³-hybridized carbons (Fsp3) is 0.591. The van der Waals surface area contributed by atoms with Crippen molar-refractivity contribution in [3.63, 3.8) is 0 Å². The number of anilines is 1. The van der Waals surface area contributed by atoms with Gasteiger partial charge in [0.05, 0.1) is 22.4 Å². The molecule has 2 N–H and O–H groups in total. The molecule has 0 saturated heterocycles. The van der Waals surface area contributed by atoms with Crippen molar-refractivity contribution in [1.29, 1.82) is 0 Å². The van der Waals surface area contributed by atoms with Crippen LogP contribution >= 0.6 is 23.1 Å². The Kier molecular flexibility index (Phi) is 6.21. The monoisotopic (exact) mass is 446 g/mol. The summed E-state index contributed by atoms with van der Waals surface area (Å²) in [6.07, 6.45) is 4.48. The number of pyridine rings is 1. The van der Waals surface area contributed by atoms with E-state index in [-0.39, 0.29) is 12.2 Å². The Balaban J connectivity index is 1.98. The lowest BCUT2D eigenvalue weighted by Gasteiger charge is -2.33. The molecular weight excluding hydrogens is 416 g/mol. The molecule has 0 radical (unpaired) electrons. The second-order valence-corrected chi connectivity index (χ2v) is 10.6. The van der Waals surface area contributed by atoms with E-state index in [1.807, 2.05) is 6.26 Å². The molecule has 0 spiro atoms. The maximum absolute atomic E-state index is 9.16. The van der Waals surface area contributed by atoms with Gasteiger partial charge in [0.1, 0.15) is 10.6 Å². The van der Waals surface area contributed by atoms with Crippen LogP contribution in [0.3, 0.4) is 0 Å². The molecule has 4 rings (SSSR count). The number of aromatic nitrogens is 3. The molecule has 1 aliphatic rings. The van der Waals surface area contributed by atoms with Crippen molar-refractivity contribution in [3.05, 3.63) is 16.8 Å². The lowest BCUT2D eigenvalue weighted by molar-refractivity contribution is -0.0402. The first-order chi connectivity index (χ1) is 14.3. The van der Waals surface area contributed by atoms with E-state index < -0.39 is 0 Å². The fourth-order valence-corrected chi connectivity index (χ4v) is 5.47. The number of aliphatic hydroxyl groups is 1. The molecule has 0 amide bonds. The molecule has 6 nitrogen and oxygen atoms in total. The van der Waals surface area contributed by atoms with Gasteiger partial charge < -0.3 is 15.2 Å². The maximum Gasteiger partial charge on any atom is 0.189 e. The van der Waals surface area contributed by atoms with Crippen LogP contribution in [0, 0.1) is 5.92 Å². The van der Waals surface area contributed by atoms with Crippen molar-refractivity contribution in [3.8, 4) is 0 Å². The molecule has 162 valence electrons. The van der Waals surface area contributed by atoms with Crippen molar-refractivity contribution >= 4 is 49.3 Å². The second kappa shape index (κ2) is 8.57. The number of hydrogen-bond acceptors (Lipinski definition) is 8. The van der Waals surface area contributed by atoms with E-state index in [0.29, 0.717) is 25.5 Å². The second-order valence-electron chi connectivity index (χ2n) is 8.86. The Labute approximate surface area is 185 Å². The largest absolute Gasteiger partial charge is 0.396 e. The third-order valence-electron chi connectivity index (χ3n) is 5.37. The maximum atomic E-state index is 9.16. The lowest BCUT2D eigenvalue weighted by Crippen LogP contribution is -2.33. The minimum Gasteiger partial charge on any atom is -0.396 e. The molecule has 3 aromatic heterocycles.